The SMILES string of the molecule is BrC(Br)=C[C@H]1O[C@H]1COCc1ccccc1. The Morgan fingerprint density at radius 2 is 2.06 bits per heavy atom. The fraction of sp³-hybridized carbons (Fsp3) is 0.333. The zero-order chi connectivity index (χ0) is 11.4. The van der Waals surface area contributed by atoms with Crippen LogP contribution >= 0.6 is 31.9 Å². The molecule has 1 aliphatic heterocycles. The molecule has 0 radical (unpaired) electrons. The zero-order valence-electron chi connectivity index (χ0n) is 8.61. The van der Waals surface area contributed by atoms with Gasteiger partial charge in [-0.3, -0.25) is 0 Å². The molecular formula is C12H12Br2O2. The third-order valence-corrected chi connectivity index (χ3v) is 2.83. The summed E-state index contributed by atoms with van der Waals surface area (Å²) in [5, 5.41) is 0. The molecule has 2 rings (SSSR count). The quantitative estimate of drug-likeness (QED) is 0.759. The summed E-state index contributed by atoms with van der Waals surface area (Å²) >= 11 is 6.61. The number of halogens is 2. The Bertz CT molecular complexity index is 361. The van der Waals surface area contributed by atoms with Crippen molar-refractivity contribution in [1.82, 2.24) is 0 Å². The van der Waals surface area contributed by atoms with Gasteiger partial charge >= 0.3 is 0 Å². The van der Waals surface area contributed by atoms with Crippen LogP contribution in [0.25, 0.3) is 0 Å². The lowest BCUT2D eigenvalue weighted by Crippen LogP contribution is -2.03. The summed E-state index contributed by atoms with van der Waals surface area (Å²) in [4.78, 5) is 0. The summed E-state index contributed by atoms with van der Waals surface area (Å²) < 4.78 is 11.9. The van der Waals surface area contributed by atoms with Crippen molar-refractivity contribution in [3.8, 4) is 0 Å². The van der Waals surface area contributed by atoms with Gasteiger partial charge in [-0.1, -0.05) is 30.3 Å². The second-order valence-electron chi connectivity index (χ2n) is 3.60. The van der Waals surface area contributed by atoms with Gasteiger partial charge in [0, 0.05) is 0 Å². The Morgan fingerprint density at radius 1 is 1.31 bits per heavy atom. The molecule has 2 nitrogen and oxygen atoms in total. The van der Waals surface area contributed by atoms with Gasteiger partial charge in [0.15, 0.2) is 0 Å². The van der Waals surface area contributed by atoms with E-state index in [4.69, 9.17) is 9.47 Å². The highest BCUT2D eigenvalue weighted by Crippen LogP contribution is 2.28. The molecule has 1 aromatic rings. The van der Waals surface area contributed by atoms with Gasteiger partial charge in [0.05, 0.1) is 16.6 Å². The summed E-state index contributed by atoms with van der Waals surface area (Å²) in [6, 6.07) is 10.1. The van der Waals surface area contributed by atoms with Crippen LogP contribution in [0.5, 0.6) is 0 Å². The first-order chi connectivity index (χ1) is 7.75. The average Bonchev–Trinajstić information content (AvgIpc) is 2.97. The predicted molar refractivity (Wildman–Crippen MR) is 70.7 cm³/mol. The van der Waals surface area contributed by atoms with Crippen LogP contribution < -0.4 is 0 Å². The van der Waals surface area contributed by atoms with Gasteiger partial charge in [-0.2, -0.15) is 0 Å². The molecule has 0 N–H and O–H groups in total. The molecule has 2 atom stereocenters. The molecule has 1 aliphatic rings. The Morgan fingerprint density at radius 3 is 2.75 bits per heavy atom. The monoisotopic (exact) mass is 346 g/mol. The topological polar surface area (TPSA) is 21.8 Å². The second-order valence-corrected chi connectivity index (χ2v) is 6.37. The van der Waals surface area contributed by atoms with E-state index in [1.165, 1.54) is 5.56 Å². The number of hydrogen-bond acceptors (Lipinski definition) is 2. The minimum Gasteiger partial charge on any atom is -0.374 e. The van der Waals surface area contributed by atoms with E-state index in [-0.39, 0.29) is 12.2 Å². The first-order valence-electron chi connectivity index (χ1n) is 5.05. The third-order valence-electron chi connectivity index (χ3n) is 2.31. The summed E-state index contributed by atoms with van der Waals surface area (Å²) in [7, 11) is 0. The Kier molecular flexibility index (Phi) is 4.58. The van der Waals surface area contributed by atoms with Crippen LogP contribution in [-0.2, 0) is 16.1 Å². The molecule has 0 unspecified atom stereocenters. The van der Waals surface area contributed by atoms with Gasteiger partial charge < -0.3 is 9.47 Å². The van der Waals surface area contributed by atoms with Gasteiger partial charge in [-0.05, 0) is 43.5 Å². The fourth-order valence-corrected chi connectivity index (χ4v) is 1.95. The largest absolute Gasteiger partial charge is 0.374 e. The fourth-order valence-electron chi connectivity index (χ4n) is 1.43. The molecule has 4 heteroatoms. The molecule has 1 fully saturated rings. The Hall–Kier alpha value is -0.160. The van der Waals surface area contributed by atoms with Crippen LogP contribution in [-0.4, -0.2) is 18.8 Å². The first kappa shape index (κ1) is 12.3. The van der Waals surface area contributed by atoms with Crippen molar-refractivity contribution in [2.45, 2.75) is 18.8 Å². The minimum atomic E-state index is 0.185. The normalized spacial score (nSPS) is 22.9. The van der Waals surface area contributed by atoms with Crippen molar-refractivity contribution in [2.24, 2.45) is 0 Å². The molecule has 86 valence electrons. The number of epoxide rings is 1. The first-order valence-corrected chi connectivity index (χ1v) is 6.64. The van der Waals surface area contributed by atoms with E-state index in [2.05, 4.69) is 44.0 Å². The Labute approximate surface area is 112 Å². The summed E-state index contributed by atoms with van der Waals surface area (Å²) in [6.07, 6.45) is 2.37. The van der Waals surface area contributed by atoms with Crippen LogP contribution in [0.4, 0.5) is 0 Å². The van der Waals surface area contributed by atoms with Crippen LogP contribution in [0.2, 0.25) is 0 Å². The molecule has 0 saturated carbocycles. The van der Waals surface area contributed by atoms with Crippen LogP contribution in [0.15, 0.2) is 39.8 Å². The van der Waals surface area contributed by atoms with E-state index >= 15 is 0 Å². The molecule has 1 saturated heterocycles. The van der Waals surface area contributed by atoms with Crippen molar-refractivity contribution in [2.75, 3.05) is 6.61 Å². The zero-order valence-corrected chi connectivity index (χ0v) is 11.8. The van der Waals surface area contributed by atoms with Crippen molar-refractivity contribution in [3.05, 3.63) is 45.4 Å². The number of rotatable bonds is 5. The molecule has 0 aromatic heterocycles. The maximum Gasteiger partial charge on any atom is 0.112 e. The van der Waals surface area contributed by atoms with E-state index in [1.54, 1.807) is 0 Å². The van der Waals surface area contributed by atoms with E-state index in [9.17, 15) is 0 Å². The van der Waals surface area contributed by atoms with Gasteiger partial charge in [0.2, 0.25) is 0 Å². The molecule has 0 amide bonds. The minimum absolute atomic E-state index is 0.185. The number of benzene rings is 1. The van der Waals surface area contributed by atoms with Crippen molar-refractivity contribution < 1.29 is 9.47 Å². The van der Waals surface area contributed by atoms with Gasteiger partial charge in [0.1, 0.15) is 12.2 Å². The van der Waals surface area contributed by atoms with Gasteiger partial charge in [0.25, 0.3) is 0 Å². The standard InChI is InChI=1S/C12H12Br2O2/c13-12(14)6-10-11(16-10)8-15-7-9-4-2-1-3-5-9/h1-6,10-11H,7-8H2/t10-,11+/m1/s1. The van der Waals surface area contributed by atoms with Crippen LogP contribution in [0.3, 0.4) is 0 Å². The molecule has 0 spiro atoms. The van der Waals surface area contributed by atoms with Crippen molar-refractivity contribution in [3.63, 3.8) is 0 Å². The van der Waals surface area contributed by atoms with E-state index in [0.717, 1.165) is 3.39 Å². The number of ether oxygens (including phenoxy) is 2. The highest BCUT2D eigenvalue weighted by molar-refractivity contribution is 9.28. The lowest BCUT2D eigenvalue weighted by molar-refractivity contribution is 0.104. The highest BCUT2D eigenvalue weighted by Gasteiger charge is 2.37. The molecule has 0 bridgehead atoms. The Balaban J connectivity index is 1.66. The molecule has 0 aliphatic carbocycles. The van der Waals surface area contributed by atoms with Crippen molar-refractivity contribution >= 4 is 31.9 Å². The molecular weight excluding hydrogens is 336 g/mol. The van der Waals surface area contributed by atoms with E-state index in [1.807, 2.05) is 24.3 Å². The van der Waals surface area contributed by atoms with Gasteiger partial charge in [-0.25, -0.2) is 0 Å². The highest BCUT2D eigenvalue weighted by atomic mass is 79.9. The molecule has 16 heavy (non-hydrogen) atoms. The third kappa shape index (κ3) is 4.01. The lowest BCUT2D eigenvalue weighted by Gasteiger charge is -2.01. The molecule has 1 heterocycles. The van der Waals surface area contributed by atoms with Crippen LogP contribution in [0, 0.1) is 0 Å². The number of hydrogen-bond donors (Lipinski definition) is 0. The van der Waals surface area contributed by atoms with Crippen molar-refractivity contribution in [1.29, 1.82) is 0 Å². The summed E-state index contributed by atoms with van der Waals surface area (Å²) in [5.74, 6) is 0. The predicted octanol–water partition coefficient (Wildman–Crippen LogP) is 3.60. The summed E-state index contributed by atoms with van der Waals surface area (Å²) in [6.45, 7) is 1.29. The average molecular weight is 348 g/mol. The van der Waals surface area contributed by atoms with E-state index in [0.29, 0.717) is 13.2 Å². The molecule has 1 aromatic carbocycles. The maximum absolute atomic E-state index is 5.57. The van der Waals surface area contributed by atoms with Crippen LogP contribution in [0.1, 0.15) is 5.56 Å². The van der Waals surface area contributed by atoms with Gasteiger partial charge in [-0.15, -0.1) is 0 Å². The lowest BCUT2D eigenvalue weighted by atomic mass is 10.2. The maximum atomic E-state index is 5.57. The summed E-state index contributed by atoms with van der Waals surface area (Å²) in [5.41, 5.74) is 1.19. The smallest absolute Gasteiger partial charge is 0.112 e. The second kappa shape index (κ2) is 5.96. The van der Waals surface area contributed by atoms with E-state index < -0.39 is 0 Å².